The first kappa shape index (κ1) is 23.5. The lowest BCUT2D eigenvalue weighted by molar-refractivity contribution is -0.127. The molecule has 0 spiro atoms. The number of piperazine rings is 1. The maximum Gasteiger partial charge on any atom is 0.229 e. The second-order valence-corrected chi connectivity index (χ2v) is 10.8. The van der Waals surface area contributed by atoms with Gasteiger partial charge >= 0.3 is 0 Å². The van der Waals surface area contributed by atoms with Gasteiger partial charge in [0.25, 0.3) is 0 Å². The fraction of sp³-hybridized carbons (Fsp3) is 0.630. The molecule has 0 atom stereocenters. The van der Waals surface area contributed by atoms with E-state index in [1.54, 1.807) is 0 Å². The Morgan fingerprint density at radius 3 is 2.44 bits per heavy atom. The van der Waals surface area contributed by atoms with E-state index in [1.807, 2.05) is 12.4 Å². The van der Waals surface area contributed by atoms with Gasteiger partial charge in [0.05, 0.1) is 11.9 Å². The Hall–Kier alpha value is -2.94. The normalized spacial score (nSPS) is 20.6. The van der Waals surface area contributed by atoms with Gasteiger partial charge in [0, 0.05) is 63.0 Å². The van der Waals surface area contributed by atoms with Gasteiger partial charge in [0.15, 0.2) is 0 Å². The zero-order valence-electron chi connectivity index (χ0n) is 21.1. The smallest absolute Gasteiger partial charge is 0.229 e. The minimum atomic E-state index is 0.216. The van der Waals surface area contributed by atoms with Gasteiger partial charge in [-0.2, -0.15) is 4.98 Å². The molecule has 2 aromatic rings. The summed E-state index contributed by atoms with van der Waals surface area (Å²) in [6.07, 6.45) is 13.1. The van der Waals surface area contributed by atoms with Crippen LogP contribution >= 0.6 is 0 Å². The van der Waals surface area contributed by atoms with Gasteiger partial charge in [-0.15, -0.1) is 0 Å². The maximum absolute atomic E-state index is 12.0. The van der Waals surface area contributed by atoms with E-state index >= 15 is 0 Å². The van der Waals surface area contributed by atoms with Crippen molar-refractivity contribution in [2.24, 2.45) is 5.92 Å². The van der Waals surface area contributed by atoms with Crippen LogP contribution in [0.3, 0.4) is 0 Å². The Kier molecular flexibility index (Phi) is 6.90. The molecule has 1 amide bonds. The topological polar surface area (TPSA) is 98.3 Å². The van der Waals surface area contributed by atoms with E-state index in [1.165, 1.54) is 37.7 Å². The van der Waals surface area contributed by atoms with Gasteiger partial charge in [-0.3, -0.25) is 9.69 Å². The van der Waals surface area contributed by atoms with E-state index in [9.17, 15) is 4.79 Å². The molecule has 3 aliphatic carbocycles. The molecule has 2 aromatic heterocycles. The Labute approximate surface area is 213 Å². The number of carbonyl (C=O) groups excluding carboxylic acids is 1. The van der Waals surface area contributed by atoms with Crippen LogP contribution in [0.4, 0.5) is 23.3 Å². The SMILES string of the molecule is O=C(NCCCNc1nc(Nc2ccc(N3CCN(C4CC4)CC3)nc2)ncc1C1CC1)C1CCC1. The van der Waals surface area contributed by atoms with Crippen LogP contribution in [0.2, 0.25) is 0 Å². The highest BCUT2D eigenvalue weighted by Crippen LogP contribution is 2.42. The largest absolute Gasteiger partial charge is 0.370 e. The van der Waals surface area contributed by atoms with Gasteiger partial charge < -0.3 is 20.9 Å². The number of hydrogen-bond acceptors (Lipinski definition) is 8. The summed E-state index contributed by atoms with van der Waals surface area (Å²) in [7, 11) is 0. The molecule has 3 saturated carbocycles. The highest BCUT2D eigenvalue weighted by Gasteiger charge is 2.31. The molecule has 3 heterocycles. The highest BCUT2D eigenvalue weighted by molar-refractivity contribution is 5.79. The molecule has 9 nitrogen and oxygen atoms in total. The molecule has 3 N–H and O–H groups in total. The van der Waals surface area contributed by atoms with Gasteiger partial charge in [-0.25, -0.2) is 9.97 Å². The van der Waals surface area contributed by atoms with E-state index in [0.717, 1.165) is 75.4 Å². The molecule has 1 aliphatic heterocycles. The van der Waals surface area contributed by atoms with Crippen molar-refractivity contribution < 1.29 is 4.79 Å². The van der Waals surface area contributed by atoms with E-state index in [4.69, 9.17) is 9.97 Å². The van der Waals surface area contributed by atoms with Gasteiger partial charge in [0.2, 0.25) is 11.9 Å². The number of rotatable bonds is 11. The van der Waals surface area contributed by atoms with Crippen LogP contribution in [-0.2, 0) is 4.79 Å². The predicted octanol–water partition coefficient (Wildman–Crippen LogP) is 3.50. The van der Waals surface area contributed by atoms with Crippen LogP contribution in [0.5, 0.6) is 0 Å². The second kappa shape index (κ2) is 10.6. The van der Waals surface area contributed by atoms with Crippen LogP contribution in [0.25, 0.3) is 0 Å². The van der Waals surface area contributed by atoms with E-state index in [0.29, 0.717) is 18.4 Å². The third-order valence-corrected chi connectivity index (χ3v) is 7.96. The molecule has 36 heavy (non-hydrogen) atoms. The van der Waals surface area contributed by atoms with Gasteiger partial charge in [-0.1, -0.05) is 6.42 Å². The summed E-state index contributed by atoms with van der Waals surface area (Å²) in [4.78, 5) is 31.1. The molecule has 0 radical (unpaired) electrons. The van der Waals surface area contributed by atoms with Crippen LogP contribution in [0, 0.1) is 5.92 Å². The van der Waals surface area contributed by atoms with Gasteiger partial charge in [0.1, 0.15) is 11.6 Å². The summed E-state index contributed by atoms with van der Waals surface area (Å²) < 4.78 is 0. The monoisotopic (exact) mass is 490 g/mol. The Morgan fingerprint density at radius 2 is 1.78 bits per heavy atom. The summed E-state index contributed by atoms with van der Waals surface area (Å²) in [6.45, 7) is 5.82. The second-order valence-electron chi connectivity index (χ2n) is 10.8. The van der Waals surface area contributed by atoms with Crippen molar-refractivity contribution in [1.29, 1.82) is 0 Å². The number of anilines is 4. The van der Waals surface area contributed by atoms with Crippen molar-refractivity contribution in [3.63, 3.8) is 0 Å². The fourth-order valence-electron chi connectivity index (χ4n) is 5.14. The number of hydrogen-bond donors (Lipinski definition) is 3. The number of aromatic nitrogens is 3. The van der Waals surface area contributed by atoms with E-state index in [2.05, 4.69) is 42.9 Å². The van der Waals surface area contributed by atoms with Crippen molar-refractivity contribution in [3.8, 4) is 0 Å². The van der Waals surface area contributed by atoms with Gasteiger partial charge in [-0.05, 0) is 63.0 Å². The van der Waals surface area contributed by atoms with E-state index in [-0.39, 0.29) is 11.8 Å². The molecule has 9 heteroatoms. The molecule has 1 saturated heterocycles. The molecule has 4 fully saturated rings. The van der Waals surface area contributed by atoms with Crippen molar-refractivity contribution in [3.05, 3.63) is 30.1 Å². The third-order valence-electron chi connectivity index (χ3n) is 7.96. The predicted molar refractivity (Wildman–Crippen MR) is 142 cm³/mol. The molecule has 6 rings (SSSR count). The van der Waals surface area contributed by atoms with Crippen LogP contribution < -0.4 is 20.9 Å². The number of pyridine rings is 1. The first-order chi connectivity index (χ1) is 17.7. The zero-order valence-corrected chi connectivity index (χ0v) is 21.1. The fourth-order valence-corrected chi connectivity index (χ4v) is 5.14. The summed E-state index contributed by atoms with van der Waals surface area (Å²) >= 11 is 0. The average Bonchev–Trinajstić information content (AvgIpc) is 3.77. The first-order valence-corrected chi connectivity index (χ1v) is 13.8. The number of nitrogens with one attached hydrogen (secondary N) is 3. The third kappa shape index (κ3) is 5.72. The van der Waals surface area contributed by atoms with Crippen LogP contribution in [0.15, 0.2) is 24.5 Å². The van der Waals surface area contributed by atoms with Crippen molar-refractivity contribution in [2.75, 3.05) is 54.8 Å². The van der Waals surface area contributed by atoms with Crippen molar-refractivity contribution in [2.45, 2.75) is 63.3 Å². The lowest BCUT2D eigenvalue weighted by Crippen LogP contribution is -2.47. The summed E-state index contributed by atoms with van der Waals surface area (Å²) in [5.74, 6) is 3.53. The lowest BCUT2D eigenvalue weighted by atomic mass is 9.85. The van der Waals surface area contributed by atoms with Crippen LogP contribution in [-0.4, -0.2) is 71.1 Å². The Morgan fingerprint density at radius 1 is 0.944 bits per heavy atom. The summed E-state index contributed by atoms with van der Waals surface area (Å²) in [5.41, 5.74) is 2.08. The number of amides is 1. The lowest BCUT2D eigenvalue weighted by Gasteiger charge is -2.35. The summed E-state index contributed by atoms with van der Waals surface area (Å²) in [5, 5.41) is 9.88. The molecule has 4 aliphatic rings. The quantitative estimate of drug-likeness (QED) is 0.412. The summed E-state index contributed by atoms with van der Waals surface area (Å²) in [6, 6.07) is 4.99. The minimum absolute atomic E-state index is 0.216. The Bertz CT molecular complexity index is 1040. The minimum Gasteiger partial charge on any atom is -0.370 e. The molecule has 0 aromatic carbocycles. The number of carbonyl (C=O) groups is 1. The van der Waals surface area contributed by atoms with Crippen LogP contribution in [0.1, 0.15) is 62.8 Å². The van der Waals surface area contributed by atoms with E-state index < -0.39 is 0 Å². The molecule has 192 valence electrons. The van der Waals surface area contributed by atoms with Crippen molar-refractivity contribution in [1.82, 2.24) is 25.2 Å². The standard InChI is InChI=1S/C27H38N8O/c36-26(20-3-1-4-20)29-12-2-11-28-25-23(19-5-6-19)18-31-27(33-25)32-21-7-10-24(30-17-21)35-15-13-34(14-16-35)22-8-9-22/h7,10,17-20,22H,1-6,8-9,11-16H2,(H,29,36)(H2,28,31,32,33). The zero-order chi connectivity index (χ0) is 24.3. The molecular weight excluding hydrogens is 452 g/mol. The molecule has 0 unspecified atom stereocenters. The number of nitrogens with zero attached hydrogens (tertiary/aromatic N) is 5. The molecular formula is C27H38N8O. The van der Waals surface area contributed by atoms with Crippen molar-refractivity contribution >= 4 is 29.2 Å². The Balaban J connectivity index is 1.01. The first-order valence-electron chi connectivity index (χ1n) is 13.8. The molecule has 0 bridgehead atoms. The maximum atomic E-state index is 12.0. The highest BCUT2D eigenvalue weighted by atomic mass is 16.1. The average molecular weight is 491 g/mol.